The first-order valence-electron chi connectivity index (χ1n) is 6.74. The fraction of sp³-hybridized carbons (Fsp3) is 0.533. The van der Waals surface area contributed by atoms with Gasteiger partial charge in [-0.15, -0.1) is 0 Å². The minimum atomic E-state index is -1.17. The van der Waals surface area contributed by atoms with Gasteiger partial charge in [-0.25, -0.2) is 13.6 Å². The molecule has 0 radical (unpaired) electrons. The summed E-state index contributed by atoms with van der Waals surface area (Å²) in [4.78, 5) is 12.1. The predicted molar refractivity (Wildman–Crippen MR) is 69.1 cm³/mol. The molecule has 2 atom stereocenters. The minimum Gasteiger partial charge on any atom is -0.464 e. The van der Waals surface area contributed by atoms with Gasteiger partial charge in [-0.1, -0.05) is 19.4 Å². The van der Waals surface area contributed by atoms with Gasteiger partial charge in [-0.3, -0.25) is 0 Å². The average molecular weight is 284 g/mol. The number of epoxide rings is 1. The predicted octanol–water partition coefficient (Wildman–Crippen LogP) is 3.31. The normalized spacial score (nSPS) is 28.2. The maximum atomic E-state index is 13.9. The lowest BCUT2D eigenvalue weighted by atomic mass is 9.84. The zero-order valence-corrected chi connectivity index (χ0v) is 11.8. The molecular weight excluding hydrogens is 266 g/mol. The summed E-state index contributed by atoms with van der Waals surface area (Å²) in [6, 6.07) is 3.28. The minimum absolute atomic E-state index is 0.181. The van der Waals surface area contributed by atoms with Gasteiger partial charge in [0, 0.05) is 11.6 Å². The van der Waals surface area contributed by atoms with Crippen LogP contribution in [-0.2, 0) is 19.9 Å². The second-order valence-electron chi connectivity index (χ2n) is 5.06. The van der Waals surface area contributed by atoms with Crippen LogP contribution in [-0.4, -0.2) is 18.2 Å². The number of carbonyl (C=O) groups excluding carboxylic acids is 1. The molecule has 3 nitrogen and oxygen atoms in total. The molecule has 0 N–H and O–H groups in total. The molecule has 20 heavy (non-hydrogen) atoms. The summed E-state index contributed by atoms with van der Waals surface area (Å²) in [6.45, 7) is 5.48. The largest absolute Gasteiger partial charge is 0.464 e. The summed E-state index contributed by atoms with van der Waals surface area (Å²) in [5.74, 6) is -1.87. The van der Waals surface area contributed by atoms with Crippen LogP contribution in [0.2, 0.25) is 0 Å². The zero-order chi connectivity index (χ0) is 15.0. The van der Waals surface area contributed by atoms with E-state index < -0.39 is 28.8 Å². The van der Waals surface area contributed by atoms with Crippen LogP contribution in [0.1, 0.15) is 39.2 Å². The number of benzene rings is 1. The number of esters is 1. The SMILES string of the molecule is CCCC1(C(=O)OCC)OC1(C)c1ccc(F)cc1F. The van der Waals surface area contributed by atoms with Crippen LogP contribution in [0.15, 0.2) is 18.2 Å². The van der Waals surface area contributed by atoms with Crippen molar-refractivity contribution >= 4 is 5.97 Å². The highest BCUT2D eigenvalue weighted by Crippen LogP contribution is 2.59. The number of carbonyl (C=O) groups is 1. The van der Waals surface area contributed by atoms with Crippen molar-refractivity contribution in [3.63, 3.8) is 0 Å². The van der Waals surface area contributed by atoms with Crippen LogP contribution in [0.4, 0.5) is 8.78 Å². The molecule has 1 aliphatic rings. The highest BCUT2D eigenvalue weighted by atomic mass is 19.1. The molecular formula is C15H18F2O3. The lowest BCUT2D eigenvalue weighted by Crippen LogP contribution is -2.33. The van der Waals surface area contributed by atoms with Gasteiger partial charge < -0.3 is 9.47 Å². The zero-order valence-electron chi connectivity index (χ0n) is 11.8. The highest BCUT2D eigenvalue weighted by Gasteiger charge is 2.73. The molecule has 1 aromatic rings. The summed E-state index contributed by atoms with van der Waals surface area (Å²) in [7, 11) is 0. The van der Waals surface area contributed by atoms with E-state index in [-0.39, 0.29) is 12.2 Å². The molecule has 0 saturated carbocycles. The number of ether oxygens (including phenoxy) is 2. The van der Waals surface area contributed by atoms with Crippen molar-refractivity contribution < 1.29 is 23.0 Å². The molecule has 1 heterocycles. The van der Waals surface area contributed by atoms with Crippen LogP contribution >= 0.6 is 0 Å². The second kappa shape index (κ2) is 5.13. The molecule has 110 valence electrons. The molecule has 0 aliphatic carbocycles. The monoisotopic (exact) mass is 284 g/mol. The number of hydrogen-bond donors (Lipinski definition) is 0. The Labute approximate surface area is 116 Å². The quantitative estimate of drug-likeness (QED) is 0.615. The molecule has 5 heteroatoms. The van der Waals surface area contributed by atoms with E-state index in [0.717, 1.165) is 12.1 Å². The van der Waals surface area contributed by atoms with Crippen molar-refractivity contribution in [2.75, 3.05) is 6.61 Å². The smallest absolute Gasteiger partial charge is 0.341 e. The van der Waals surface area contributed by atoms with Crippen molar-refractivity contribution in [1.29, 1.82) is 0 Å². The molecule has 1 aromatic carbocycles. The van der Waals surface area contributed by atoms with Gasteiger partial charge in [0.25, 0.3) is 0 Å². The Morgan fingerprint density at radius 2 is 2.05 bits per heavy atom. The van der Waals surface area contributed by atoms with Gasteiger partial charge in [0.1, 0.15) is 17.2 Å². The molecule has 0 spiro atoms. The Morgan fingerprint density at radius 3 is 2.60 bits per heavy atom. The van der Waals surface area contributed by atoms with Crippen molar-refractivity contribution in [2.45, 2.75) is 44.8 Å². The van der Waals surface area contributed by atoms with Crippen molar-refractivity contribution in [2.24, 2.45) is 0 Å². The third-order valence-electron chi connectivity index (χ3n) is 3.76. The third kappa shape index (κ3) is 2.10. The Hall–Kier alpha value is -1.49. The fourth-order valence-electron chi connectivity index (χ4n) is 2.70. The van der Waals surface area contributed by atoms with E-state index in [4.69, 9.17) is 9.47 Å². The van der Waals surface area contributed by atoms with E-state index in [0.29, 0.717) is 12.8 Å². The summed E-state index contributed by atoms with van der Waals surface area (Å²) >= 11 is 0. The van der Waals surface area contributed by atoms with Crippen LogP contribution in [0.5, 0.6) is 0 Å². The van der Waals surface area contributed by atoms with Crippen LogP contribution < -0.4 is 0 Å². The Balaban J connectivity index is 2.38. The molecule has 2 rings (SSSR count). The van der Waals surface area contributed by atoms with Crippen LogP contribution in [0, 0.1) is 11.6 Å². The van der Waals surface area contributed by atoms with Gasteiger partial charge >= 0.3 is 5.97 Å². The molecule has 1 fully saturated rings. The first-order valence-corrected chi connectivity index (χ1v) is 6.74. The van der Waals surface area contributed by atoms with E-state index >= 15 is 0 Å². The number of hydrogen-bond acceptors (Lipinski definition) is 3. The summed E-state index contributed by atoms with van der Waals surface area (Å²) in [5.41, 5.74) is -2.09. The lowest BCUT2D eigenvalue weighted by Gasteiger charge is -2.16. The van der Waals surface area contributed by atoms with Gasteiger partial charge in [0.05, 0.1) is 6.61 Å². The topological polar surface area (TPSA) is 38.8 Å². The van der Waals surface area contributed by atoms with E-state index in [1.807, 2.05) is 6.92 Å². The van der Waals surface area contributed by atoms with Gasteiger partial charge in [-0.05, 0) is 26.3 Å². The summed E-state index contributed by atoms with van der Waals surface area (Å²) < 4.78 is 37.6. The second-order valence-corrected chi connectivity index (χ2v) is 5.06. The van der Waals surface area contributed by atoms with Crippen molar-refractivity contribution in [3.05, 3.63) is 35.4 Å². The number of rotatable bonds is 5. The van der Waals surface area contributed by atoms with E-state index in [1.165, 1.54) is 6.07 Å². The fourth-order valence-corrected chi connectivity index (χ4v) is 2.70. The molecule has 1 saturated heterocycles. The van der Waals surface area contributed by atoms with E-state index in [9.17, 15) is 13.6 Å². The Kier molecular flexibility index (Phi) is 3.82. The molecule has 2 unspecified atom stereocenters. The van der Waals surface area contributed by atoms with Crippen molar-refractivity contribution in [1.82, 2.24) is 0 Å². The molecule has 1 aliphatic heterocycles. The molecule has 0 bridgehead atoms. The first kappa shape index (κ1) is 14.9. The average Bonchev–Trinajstić information content (AvgIpc) is 2.97. The van der Waals surface area contributed by atoms with Crippen LogP contribution in [0.3, 0.4) is 0 Å². The summed E-state index contributed by atoms with van der Waals surface area (Å²) in [5, 5.41) is 0. The third-order valence-corrected chi connectivity index (χ3v) is 3.76. The van der Waals surface area contributed by atoms with Crippen LogP contribution in [0.25, 0.3) is 0 Å². The summed E-state index contributed by atoms with van der Waals surface area (Å²) in [6.07, 6.45) is 1.12. The van der Waals surface area contributed by atoms with Gasteiger partial charge in [0.2, 0.25) is 0 Å². The van der Waals surface area contributed by atoms with E-state index in [2.05, 4.69) is 0 Å². The lowest BCUT2D eigenvalue weighted by molar-refractivity contribution is -0.149. The highest BCUT2D eigenvalue weighted by molar-refractivity contribution is 5.85. The van der Waals surface area contributed by atoms with Gasteiger partial charge in [0.15, 0.2) is 5.60 Å². The van der Waals surface area contributed by atoms with Gasteiger partial charge in [-0.2, -0.15) is 0 Å². The first-order chi connectivity index (χ1) is 9.41. The maximum Gasteiger partial charge on any atom is 0.341 e. The maximum absolute atomic E-state index is 13.9. The number of halogens is 2. The standard InChI is InChI=1S/C15H18F2O3/c1-4-8-15(13(18)19-5-2)14(3,20-15)11-7-6-10(16)9-12(11)17/h6-7,9H,4-5,8H2,1-3H3. The molecule has 0 aromatic heterocycles. The Bertz CT molecular complexity index is 532. The van der Waals surface area contributed by atoms with Crippen molar-refractivity contribution in [3.8, 4) is 0 Å². The van der Waals surface area contributed by atoms with E-state index in [1.54, 1.807) is 13.8 Å². The molecule has 0 amide bonds. The Morgan fingerprint density at radius 1 is 1.35 bits per heavy atom.